The van der Waals surface area contributed by atoms with E-state index >= 15 is 0 Å². The second-order valence-corrected chi connectivity index (χ2v) is 6.63. The predicted octanol–water partition coefficient (Wildman–Crippen LogP) is 3.36. The zero-order chi connectivity index (χ0) is 15.5. The number of halogens is 1. The van der Waals surface area contributed by atoms with Gasteiger partial charge in [0.2, 0.25) is 0 Å². The maximum absolute atomic E-state index is 12.4. The fraction of sp³-hybridized carbons (Fsp3) is 0.353. The van der Waals surface area contributed by atoms with Crippen molar-refractivity contribution in [3.8, 4) is 0 Å². The first kappa shape index (κ1) is 15.3. The zero-order valence-corrected chi connectivity index (χ0v) is 13.8. The number of aliphatic hydroxyl groups excluding tert-OH is 1. The number of carbonyl (C=O) groups is 1. The average molecular weight is 363 g/mol. The Morgan fingerprint density at radius 1 is 1.27 bits per heavy atom. The molecule has 116 valence electrons. The van der Waals surface area contributed by atoms with E-state index in [1.165, 1.54) is 0 Å². The fourth-order valence-electron chi connectivity index (χ4n) is 3.00. The Hall–Kier alpha value is -1.59. The van der Waals surface area contributed by atoms with Gasteiger partial charge in [-0.05, 0) is 46.3 Å². The maximum atomic E-state index is 12.4. The Kier molecular flexibility index (Phi) is 4.64. The van der Waals surface area contributed by atoms with Crippen molar-refractivity contribution in [1.29, 1.82) is 0 Å². The third-order valence-corrected chi connectivity index (χ3v) is 4.75. The first-order valence-corrected chi connectivity index (χ1v) is 8.30. The lowest BCUT2D eigenvalue weighted by atomic mass is 9.87. The van der Waals surface area contributed by atoms with Gasteiger partial charge in [-0.2, -0.15) is 0 Å². The molecule has 1 aromatic carbocycles. The summed E-state index contributed by atoms with van der Waals surface area (Å²) >= 11 is 3.34. The SMILES string of the molecule is O=C(c1cc(Br)c[nH]1)N1CCC(C(O)c2ccccc2)CC1. The van der Waals surface area contributed by atoms with E-state index < -0.39 is 6.10 Å². The molecule has 0 bridgehead atoms. The average Bonchev–Trinajstić information content (AvgIpc) is 3.01. The highest BCUT2D eigenvalue weighted by Crippen LogP contribution is 2.31. The standard InChI is InChI=1S/C17H19BrN2O2/c18-14-10-15(19-11-14)17(22)20-8-6-13(7-9-20)16(21)12-4-2-1-3-5-12/h1-5,10-11,13,16,19,21H,6-9H2. The smallest absolute Gasteiger partial charge is 0.270 e. The van der Waals surface area contributed by atoms with Crippen LogP contribution in [0.15, 0.2) is 47.1 Å². The van der Waals surface area contributed by atoms with Crippen LogP contribution >= 0.6 is 15.9 Å². The third kappa shape index (κ3) is 3.25. The molecule has 0 spiro atoms. The van der Waals surface area contributed by atoms with E-state index in [-0.39, 0.29) is 11.8 Å². The van der Waals surface area contributed by atoms with Gasteiger partial charge in [0, 0.05) is 23.8 Å². The van der Waals surface area contributed by atoms with Gasteiger partial charge in [0.25, 0.3) is 5.91 Å². The lowest BCUT2D eigenvalue weighted by Crippen LogP contribution is -2.39. The van der Waals surface area contributed by atoms with Gasteiger partial charge in [0.15, 0.2) is 0 Å². The quantitative estimate of drug-likeness (QED) is 0.879. The van der Waals surface area contributed by atoms with Gasteiger partial charge < -0.3 is 15.0 Å². The molecule has 1 saturated heterocycles. The number of hydrogen-bond acceptors (Lipinski definition) is 2. The Morgan fingerprint density at radius 3 is 2.55 bits per heavy atom. The summed E-state index contributed by atoms with van der Waals surface area (Å²) in [6, 6.07) is 11.6. The van der Waals surface area contributed by atoms with Gasteiger partial charge in [0.1, 0.15) is 5.69 Å². The molecular weight excluding hydrogens is 344 g/mol. The number of nitrogens with one attached hydrogen (secondary N) is 1. The predicted molar refractivity (Wildman–Crippen MR) is 88.5 cm³/mol. The number of benzene rings is 1. The van der Waals surface area contributed by atoms with Crippen LogP contribution in [0.3, 0.4) is 0 Å². The summed E-state index contributed by atoms with van der Waals surface area (Å²) in [5.41, 5.74) is 1.56. The van der Waals surface area contributed by atoms with E-state index in [0.29, 0.717) is 18.8 Å². The van der Waals surface area contributed by atoms with Gasteiger partial charge in [-0.1, -0.05) is 30.3 Å². The summed E-state index contributed by atoms with van der Waals surface area (Å²) in [5, 5.41) is 10.5. The summed E-state index contributed by atoms with van der Waals surface area (Å²) in [6.07, 6.45) is 2.96. The molecule has 1 unspecified atom stereocenters. The monoisotopic (exact) mass is 362 g/mol. The van der Waals surface area contributed by atoms with Crippen molar-refractivity contribution in [2.24, 2.45) is 5.92 Å². The van der Waals surface area contributed by atoms with E-state index in [1.807, 2.05) is 35.2 Å². The van der Waals surface area contributed by atoms with Crippen LogP contribution in [0.4, 0.5) is 0 Å². The molecule has 2 aromatic rings. The summed E-state index contributed by atoms with van der Waals surface area (Å²) in [6.45, 7) is 1.37. The molecule has 22 heavy (non-hydrogen) atoms. The minimum atomic E-state index is -0.446. The molecule has 1 aliphatic heterocycles. The highest BCUT2D eigenvalue weighted by molar-refractivity contribution is 9.10. The van der Waals surface area contributed by atoms with Crippen LogP contribution < -0.4 is 0 Å². The second-order valence-electron chi connectivity index (χ2n) is 5.72. The van der Waals surface area contributed by atoms with E-state index in [4.69, 9.17) is 0 Å². The van der Waals surface area contributed by atoms with Crippen molar-refractivity contribution in [1.82, 2.24) is 9.88 Å². The molecule has 1 fully saturated rings. The van der Waals surface area contributed by atoms with E-state index in [0.717, 1.165) is 22.9 Å². The van der Waals surface area contributed by atoms with Crippen molar-refractivity contribution in [2.75, 3.05) is 13.1 Å². The number of aromatic amines is 1. The largest absolute Gasteiger partial charge is 0.388 e. The summed E-state index contributed by atoms with van der Waals surface area (Å²) in [5.74, 6) is 0.236. The Balaban J connectivity index is 1.59. The molecule has 2 N–H and O–H groups in total. The molecule has 0 aliphatic carbocycles. The molecule has 0 radical (unpaired) electrons. The number of likely N-dealkylation sites (tertiary alicyclic amines) is 1. The van der Waals surface area contributed by atoms with Gasteiger partial charge in [-0.25, -0.2) is 0 Å². The van der Waals surface area contributed by atoms with Crippen molar-refractivity contribution in [3.63, 3.8) is 0 Å². The molecule has 1 aliphatic rings. The number of rotatable bonds is 3. The van der Waals surface area contributed by atoms with Crippen LogP contribution in [0.25, 0.3) is 0 Å². The molecule has 0 saturated carbocycles. The van der Waals surface area contributed by atoms with Crippen molar-refractivity contribution < 1.29 is 9.90 Å². The normalized spacial score (nSPS) is 17.5. The number of hydrogen-bond donors (Lipinski definition) is 2. The molecule has 1 aromatic heterocycles. The van der Waals surface area contributed by atoms with Gasteiger partial charge >= 0.3 is 0 Å². The number of H-pyrrole nitrogens is 1. The summed E-state index contributed by atoms with van der Waals surface area (Å²) < 4.78 is 0.880. The second kappa shape index (κ2) is 6.67. The lowest BCUT2D eigenvalue weighted by molar-refractivity contribution is 0.0459. The van der Waals surface area contributed by atoms with Crippen LogP contribution in [0, 0.1) is 5.92 Å². The van der Waals surface area contributed by atoms with Crippen LogP contribution in [0.5, 0.6) is 0 Å². The minimum absolute atomic E-state index is 0.0263. The highest BCUT2D eigenvalue weighted by Gasteiger charge is 2.28. The van der Waals surface area contributed by atoms with Crippen LogP contribution in [-0.2, 0) is 0 Å². The van der Waals surface area contributed by atoms with E-state index in [9.17, 15) is 9.90 Å². The number of amides is 1. The molecule has 1 amide bonds. The summed E-state index contributed by atoms with van der Waals surface area (Å²) in [7, 11) is 0. The molecule has 5 heteroatoms. The Morgan fingerprint density at radius 2 is 1.95 bits per heavy atom. The number of aliphatic hydroxyl groups is 1. The third-order valence-electron chi connectivity index (χ3n) is 4.29. The van der Waals surface area contributed by atoms with Crippen LogP contribution in [0.1, 0.15) is 35.0 Å². The zero-order valence-electron chi connectivity index (χ0n) is 12.2. The van der Waals surface area contributed by atoms with Crippen LogP contribution in [-0.4, -0.2) is 34.0 Å². The van der Waals surface area contributed by atoms with Gasteiger partial charge in [-0.15, -0.1) is 0 Å². The lowest BCUT2D eigenvalue weighted by Gasteiger charge is -2.34. The topological polar surface area (TPSA) is 56.3 Å². The molecule has 2 heterocycles. The Labute approximate surface area is 138 Å². The van der Waals surface area contributed by atoms with E-state index in [1.54, 1.807) is 12.3 Å². The van der Waals surface area contributed by atoms with Crippen molar-refractivity contribution in [2.45, 2.75) is 18.9 Å². The highest BCUT2D eigenvalue weighted by atomic mass is 79.9. The van der Waals surface area contributed by atoms with Crippen LogP contribution in [0.2, 0.25) is 0 Å². The fourth-order valence-corrected chi connectivity index (χ4v) is 3.35. The summed E-state index contributed by atoms with van der Waals surface area (Å²) in [4.78, 5) is 17.2. The number of carbonyl (C=O) groups excluding carboxylic acids is 1. The van der Waals surface area contributed by atoms with Crippen molar-refractivity contribution in [3.05, 3.63) is 58.3 Å². The first-order chi connectivity index (χ1) is 10.6. The molecule has 4 nitrogen and oxygen atoms in total. The van der Waals surface area contributed by atoms with Gasteiger partial charge in [0.05, 0.1) is 6.10 Å². The minimum Gasteiger partial charge on any atom is -0.388 e. The molecule has 3 rings (SSSR count). The van der Waals surface area contributed by atoms with Gasteiger partial charge in [-0.3, -0.25) is 4.79 Å². The molecular formula is C17H19BrN2O2. The van der Waals surface area contributed by atoms with E-state index in [2.05, 4.69) is 20.9 Å². The maximum Gasteiger partial charge on any atom is 0.270 e. The molecule has 1 atom stereocenters. The number of aromatic nitrogens is 1. The Bertz CT molecular complexity index is 633. The van der Waals surface area contributed by atoms with Crippen molar-refractivity contribution >= 4 is 21.8 Å². The number of piperidine rings is 1. The first-order valence-electron chi connectivity index (χ1n) is 7.51. The number of nitrogens with zero attached hydrogens (tertiary/aromatic N) is 1.